The molecule has 0 saturated carbocycles. The van der Waals surface area contributed by atoms with Crippen LogP contribution in [0.1, 0.15) is 5.56 Å². The molecule has 3 nitrogen and oxygen atoms in total. The van der Waals surface area contributed by atoms with E-state index in [0.717, 1.165) is 12.1 Å². The molecule has 1 rings (SSSR count). The third-order valence-electron chi connectivity index (χ3n) is 1.46. The van der Waals surface area contributed by atoms with E-state index >= 15 is 0 Å². The second-order valence-electron chi connectivity index (χ2n) is 2.53. The molecule has 0 bridgehead atoms. The number of hydrogen-bond acceptors (Lipinski definition) is 3. The predicted octanol–water partition coefficient (Wildman–Crippen LogP) is 2.80. The lowest BCUT2D eigenvalue weighted by molar-refractivity contribution is -0.274. The maximum Gasteiger partial charge on any atom is 0.573 e. The summed E-state index contributed by atoms with van der Waals surface area (Å²) < 4.78 is 39.4. The lowest BCUT2D eigenvalue weighted by Gasteiger charge is -2.10. The van der Waals surface area contributed by atoms with E-state index in [9.17, 15) is 13.2 Å². The Morgan fingerprint density at radius 1 is 1.40 bits per heavy atom. The number of anilines is 1. The molecule has 0 aliphatic rings. The number of ether oxygens (including phenoxy) is 1. The quantitative estimate of drug-likeness (QED) is 0.805. The average molecular weight is 281 g/mol. The number of benzene rings is 1. The molecular weight excluding hydrogens is 277 g/mol. The standard InChI is InChI=1S/C8H4BrF3N2O/c9-6-2-5(15-8(10,11)12)1-4(3-13)7(6)14/h1-2H,14H2. The van der Waals surface area contributed by atoms with Gasteiger partial charge in [-0.1, -0.05) is 0 Å². The molecule has 0 spiro atoms. The number of nitrogens with two attached hydrogens (primary N) is 1. The predicted molar refractivity (Wildman–Crippen MR) is 50.0 cm³/mol. The van der Waals surface area contributed by atoms with Crippen molar-refractivity contribution in [3.63, 3.8) is 0 Å². The zero-order chi connectivity index (χ0) is 11.6. The van der Waals surface area contributed by atoms with Crippen LogP contribution in [0.5, 0.6) is 5.75 Å². The molecule has 1 aromatic carbocycles. The highest BCUT2D eigenvalue weighted by atomic mass is 79.9. The molecule has 7 heteroatoms. The van der Waals surface area contributed by atoms with Gasteiger partial charge in [0.15, 0.2) is 0 Å². The highest BCUT2D eigenvalue weighted by molar-refractivity contribution is 9.10. The van der Waals surface area contributed by atoms with Crippen molar-refractivity contribution in [3.05, 3.63) is 22.2 Å². The molecule has 80 valence electrons. The van der Waals surface area contributed by atoms with Gasteiger partial charge in [0.1, 0.15) is 11.8 Å². The molecule has 0 heterocycles. The van der Waals surface area contributed by atoms with Crippen LogP contribution in [0.3, 0.4) is 0 Å². The second-order valence-corrected chi connectivity index (χ2v) is 3.38. The molecule has 0 aliphatic heterocycles. The number of rotatable bonds is 1. The summed E-state index contributed by atoms with van der Waals surface area (Å²) in [5, 5.41) is 8.58. The van der Waals surface area contributed by atoms with Crippen molar-refractivity contribution in [1.29, 1.82) is 5.26 Å². The fourth-order valence-electron chi connectivity index (χ4n) is 0.878. The van der Waals surface area contributed by atoms with Crippen LogP contribution in [-0.4, -0.2) is 6.36 Å². The molecule has 0 amide bonds. The SMILES string of the molecule is N#Cc1cc(OC(F)(F)F)cc(Br)c1N. The largest absolute Gasteiger partial charge is 0.573 e. The third-order valence-corrected chi connectivity index (χ3v) is 2.11. The summed E-state index contributed by atoms with van der Waals surface area (Å²) in [6.07, 6.45) is -4.79. The van der Waals surface area contributed by atoms with Crippen molar-refractivity contribution in [2.24, 2.45) is 0 Å². The van der Waals surface area contributed by atoms with Gasteiger partial charge >= 0.3 is 6.36 Å². The average Bonchev–Trinajstić information content (AvgIpc) is 2.08. The summed E-state index contributed by atoms with van der Waals surface area (Å²) in [6.45, 7) is 0. The van der Waals surface area contributed by atoms with Crippen LogP contribution in [0.25, 0.3) is 0 Å². The van der Waals surface area contributed by atoms with Crippen LogP contribution >= 0.6 is 15.9 Å². The van der Waals surface area contributed by atoms with Gasteiger partial charge in [-0.15, -0.1) is 13.2 Å². The molecule has 0 aromatic heterocycles. The van der Waals surface area contributed by atoms with Crippen molar-refractivity contribution in [2.75, 3.05) is 5.73 Å². The molecule has 0 fully saturated rings. The summed E-state index contributed by atoms with van der Waals surface area (Å²) in [4.78, 5) is 0. The number of halogens is 4. The van der Waals surface area contributed by atoms with Crippen molar-refractivity contribution in [2.45, 2.75) is 6.36 Å². The Morgan fingerprint density at radius 3 is 2.47 bits per heavy atom. The monoisotopic (exact) mass is 280 g/mol. The van der Waals surface area contributed by atoms with Crippen molar-refractivity contribution in [3.8, 4) is 11.8 Å². The fourth-order valence-corrected chi connectivity index (χ4v) is 1.32. The summed E-state index contributed by atoms with van der Waals surface area (Å²) in [5.74, 6) is -0.486. The summed E-state index contributed by atoms with van der Waals surface area (Å²) in [7, 11) is 0. The first-order chi connectivity index (χ1) is 6.83. The molecule has 0 radical (unpaired) electrons. The maximum absolute atomic E-state index is 11.9. The third kappa shape index (κ3) is 3.02. The van der Waals surface area contributed by atoms with Crippen molar-refractivity contribution < 1.29 is 17.9 Å². The Balaban J connectivity index is 3.13. The van der Waals surface area contributed by atoms with E-state index in [-0.39, 0.29) is 15.7 Å². The zero-order valence-corrected chi connectivity index (χ0v) is 8.69. The van der Waals surface area contributed by atoms with Gasteiger partial charge in [0.2, 0.25) is 0 Å². The Labute approximate surface area is 91.4 Å². The van der Waals surface area contributed by atoms with Gasteiger partial charge in [-0.25, -0.2) is 0 Å². The first kappa shape index (κ1) is 11.7. The van der Waals surface area contributed by atoms with Crippen LogP contribution in [0, 0.1) is 11.3 Å². The van der Waals surface area contributed by atoms with Gasteiger partial charge in [-0.3, -0.25) is 0 Å². The van der Waals surface area contributed by atoms with Crippen molar-refractivity contribution >= 4 is 21.6 Å². The molecule has 2 N–H and O–H groups in total. The van der Waals surface area contributed by atoms with Crippen LogP contribution in [0.2, 0.25) is 0 Å². The minimum Gasteiger partial charge on any atom is -0.406 e. The Bertz CT molecular complexity index is 425. The lowest BCUT2D eigenvalue weighted by atomic mass is 10.2. The maximum atomic E-state index is 11.9. The smallest absolute Gasteiger partial charge is 0.406 e. The molecule has 1 aromatic rings. The minimum absolute atomic E-state index is 0.0759. The van der Waals surface area contributed by atoms with E-state index < -0.39 is 12.1 Å². The van der Waals surface area contributed by atoms with Crippen LogP contribution in [0.15, 0.2) is 16.6 Å². The van der Waals surface area contributed by atoms with Crippen LogP contribution < -0.4 is 10.5 Å². The zero-order valence-electron chi connectivity index (χ0n) is 7.10. The number of hydrogen-bond donors (Lipinski definition) is 1. The van der Waals surface area contributed by atoms with Gasteiger partial charge < -0.3 is 10.5 Å². The summed E-state index contributed by atoms with van der Waals surface area (Å²) in [5.41, 5.74) is 5.42. The number of nitrogen functional groups attached to an aromatic ring is 1. The van der Waals surface area contributed by atoms with Crippen LogP contribution in [0.4, 0.5) is 18.9 Å². The van der Waals surface area contributed by atoms with Gasteiger partial charge in [0, 0.05) is 10.5 Å². The topological polar surface area (TPSA) is 59.0 Å². The normalized spacial score (nSPS) is 10.9. The van der Waals surface area contributed by atoms with E-state index in [0.29, 0.717) is 0 Å². The molecular formula is C8H4BrF3N2O. The Morgan fingerprint density at radius 2 is 2.00 bits per heavy atom. The van der Waals surface area contributed by atoms with Crippen molar-refractivity contribution in [1.82, 2.24) is 0 Å². The van der Waals surface area contributed by atoms with E-state index in [1.807, 2.05) is 0 Å². The van der Waals surface area contributed by atoms with Crippen LogP contribution in [-0.2, 0) is 0 Å². The van der Waals surface area contributed by atoms with E-state index in [1.54, 1.807) is 6.07 Å². The minimum atomic E-state index is -4.79. The van der Waals surface area contributed by atoms with Gasteiger partial charge in [0.25, 0.3) is 0 Å². The Kier molecular flexibility index (Phi) is 3.09. The number of nitrogens with zero attached hydrogens (tertiary/aromatic N) is 1. The molecule has 15 heavy (non-hydrogen) atoms. The number of nitriles is 1. The molecule has 0 unspecified atom stereocenters. The molecule has 0 atom stereocenters. The Hall–Kier alpha value is -1.42. The van der Waals surface area contributed by atoms with Gasteiger partial charge in [0.05, 0.1) is 11.3 Å². The lowest BCUT2D eigenvalue weighted by Crippen LogP contribution is -2.17. The van der Waals surface area contributed by atoms with E-state index in [1.165, 1.54) is 0 Å². The second kappa shape index (κ2) is 3.98. The fraction of sp³-hybridized carbons (Fsp3) is 0.125. The first-order valence-corrected chi connectivity index (χ1v) is 4.37. The van der Waals surface area contributed by atoms with Gasteiger partial charge in [-0.2, -0.15) is 5.26 Å². The summed E-state index contributed by atoms with van der Waals surface area (Å²) >= 11 is 2.92. The highest BCUT2D eigenvalue weighted by Gasteiger charge is 2.31. The highest BCUT2D eigenvalue weighted by Crippen LogP contribution is 2.31. The van der Waals surface area contributed by atoms with E-state index in [2.05, 4.69) is 20.7 Å². The van der Waals surface area contributed by atoms with Gasteiger partial charge in [-0.05, 0) is 22.0 Å². The molecule has 0 saturated heterocycles. The van der Waals surface area contributed by atoms with E-state index in [4.69, 9.17) is 11.0 Å². The summed E-state index contributed by atoms with van der Waals surface area (Å²) in [6, 6.07) is 3.63. The first-order valence-electron chi connectivity index (χ1n) is 3.58. The molecule has 0 aliphatic carbocycles. The number of alkyl halides is 3.